The second kappa shape index (κ2) is 6.04. The number of nitrogens with zero attached hydrogens (tertiary/aromatic N) is 2. The van der Waals surface area contributed by atoms with Gasteiger partial charge < -0.3 is 5.32 Å². The molecule has 1 aromatic heterocycles. The van der Waals surface area contributed by atoms with Crippen LogP contribution >= 0.6 is 0 Å². The Morgan fingerprint density at radius 2 is 2.24 bits per heavy atom. The van der Waals surface area contributed by atoms with Crippen LogP contribution in [0.5, 0.6) is 0 Å². The number of nitrogens with one attached hydrogen (secondary N) is 3. The van der Waals surface area contributed by atoms with Gasteiger partial charge in [-0.05, 0) is 32.9 Å². The summed E-state index contributed by atoms with van der Waals surface area (Å²) in [7, 11) is -1.75. The van der Waals surface area contributed by atoms with Crippen molar-refractivity contribution in [1.82, 2.24) is 25.1 Å². The number of rotatable bonds is 5. The van der Waals surface area contributed by atoms with Gasteiger partial charge in [-0.15, -0.1) is 0 Å². The molecule has 3 N–H and O–H groups in total. The molecule has 21 heavy (non-hydrogen) atoms. The lowest BCUT2D eigenvalue weighted by atomic mass is 10.00. The first-order valence-electron chi connectivity index (χ1n) is 7.55. The van der Waals surface area contributed by atoms with Gasteiger partial charge in [-0.2, -0.15) is 5.10 Å². The fourth-order valence-electron chi connectivity index (χ4n) is 3.49. The van der Waals surface area contributed by atoms with Crippen molar-refractivity contribution in [3.8, 4) is 0 Å². The van der Waals surface area contributed by atoms with Crippen LogP contribution in [0.1, 0.15) is 31.2 Å². The Balaban J connectivity index is 1.75. The summed E-state index contributed by atoms with van der Waals surface area (Å²) >= 11 is 0. The maximum absolute atomic E-state index is 12.6. The van der Waals surface area contributed by atoms with Gasteiger partial charge in [0.1, 0.15) is 0 Å². The van der Waals surface area contributed by atoms with Crippen molar-refractivity contribution in [2.24, 2.45) is 0 Å². The van der Waals surface area contributed by atoms with Crippen LogP contribution in [-0.4, -0.2) is 55.7 Å². The standard InChI is InChI=1S/C13H23N5O2S/c1-14-8-10-9-15-16-13(10)21(19,20)17-11-5-7-18-6-3-2-4-12(11)18/h9,11-12,14,17H,2-8H2,1H3,(H,15,16). The molecule has 0 aromatic carbocycles. The molecule has 3 rings (SSSR count). The zero-order chi connectivity index (χ0) is 14.9. The Hall–Kier alpha value is -0.960. The van der Waals surface area contributed by atoms with Gasteiger partial charge in [0, 0.05) is 30.7 Å². The SMILES string of the molecule is CNCc1cn[nH]c1S(=O)(=O)NC1CCN2CCCCC12. The highest BCUT2D eigenvalue weighted by Crippen LogP contribution is 2.28. The van der Waals surface area contributed by atoms with E-state index in [4.69, 9.17) is 0 Å². The molecule has 2 unspecified atom stereocenters. The number of piperidine rings is 1. The van der Waals surface area contributed by atoms with Crippen molar-refractivity contribution < 1.29 is 8.42 Å². The van der Waals surface area contributed by atoms with Crippen molar-refractivity contribution in [1.29, 1.82) is 0 Å². The summed E-state index contributed by atoms with van der Waals surface area (Å²) < 4.78 is 28.1. The fraction of sp³-hybridized carbons (Fsp3) is 0.769. The highest BCUT2D eigenvalue weighted by atomic mass is 32.2. The molecule has 2 aliphatic rings. The summed E-state index contributed by atoms with van der Waals surface area (Å²) in [6, 6.07) is 0.366. The van der Waals surface area contributed by atoms with E-state index in [0.717, 1.165) is 25.9 Å². The Kier molecular flexibility index (Phi) is 4.30. The highest BCUT2D eigenvalue weighted by Gasteiger charge is 2.38. The molecule has 1 aromatic rings. The van der Waals surface area contributed by atoms with E-state index in [2.05, 4.69) is 25.1 Å². The van der Waals surface area contributed by atoms with Crippen LogP contribution in [0.2, 0.25) is 0 Å². The number of fused-ring (bicyclic) bond motifs is 1. The van der Waals surface area contributed by atoms with Gasteiger partial charge in [0.05, 0.1) is 6.20 Å². The van der Waals surface area contributed by atoms with E-state index >= 15 is 0 Å². The number of H-pyrrole nitrogens is 1. The first-order chi connectivity index (χ1) is 10.1. The molecule has 0 radical (unpaired) electrons. The summed E-state index contributed by atoms with van der Waals surface area (Å²) in [6.45, 7) is 2.56. The second-order valence-corrected chi connectivity index (χ2v) is 7.52. The molecule has 118 valence electrons. The number of hydrogen-bond acceptors (Lipinski definition) is 5. The van der Waals surface area contributed by atoms with Gasteiger partial charge in [-0.25, -0.2) is 13.1 Å². The predicted octanol–water partition coefficient (Wildman–Crippen LogP) is 0.0342. The Bertz CT molecular complexity index is 585. The third-order valence-electron chi connectivity index (χ3n) is 4.48. The molecular weight excluding hydrogens is 290 g/mol. The number of aromatic amines is 1. The largest absolute Gasteiger partial charge is 0.316 e. The van der Waals surface area contributed by atoms with E-state index in [9.17, 15) is 8.42 Å². The summed E-state index contributed by atoms with van der Waals surface area (Å²) in [5.41, 5.74) is 0.670. The molecule has 0 aliphatic carbocycles. The first kappa shape index (κ1) is 15.0. The van der Waals surface area contributed by atoms with Crippen LogP contribution in [0.15, 0.2) is 11.2 Å². The zero-order valence-electron chi connectivity index (χ0n) is 12.3. The Labute approximate surface area is 125 Å². The minimum Gasteiger partial charge on any atom is -0.316 e. The van der Waals surface area contributed by atoms with Crippen LogP contribution in [0, 0.1) is 0 Å². The Morgan fingerprint density at radius 3 is 3.05 bits per heavy atom. The van der Waals surface area contributed by atoms with Gasteiger partial charge in [0.25, 0.3) is 10.0 Å². The van der Waals surface area contributed by atoms with E-state index in [1.807, 2.05) is 0 Å². The van der Waals surface area contributed by atoms with E-state index in [-0.39, 0.29) is 11.1 Å². The van der Waals surface area contributed by atoms with Crippen molar-refractivity contribution in [3.63, 3.8) is 0 Å². The summed E-state index contributed by atoms with van der Waals surface area (Å²) in [5.74, 6) is 0. The predicted molar refractivity (Wildman–Crippen MR) is 79.3 cm³/mol. The number of sulfonamides is 1. The monoisotopic (exact) mass is 313 g/mol. The minimum absolute atomic E-state index is 0.0148. The molecule has 8 heteroatoms. The molecule has 2 fully saturated rings. The maximum atomic E-state index is 12.6. The molecule has 3 heterocycles. The van der Waals surface area contributed by atoms with E-state index < -0.39 is 10.0 Å². The number of hydrogen-bond donors (Lipinski definition) is 3. The van der Waals surface area contributed by atoms with Gasteiger partial charge in [-0.1, -0.05) is 6.42 Å². The minimum atomic E-state index is -3.54. The quantitative estimate of drug-likeness (QED) is 0.714. The molecule has 2 aliphatic heterocycles. The van der Waals surface area contributed by atoms with Crippen molar-refractivity contribution in [2.45, 2.75) is 49.3 Å². The molecule has 0 spiro atoms. The van der Waals surface area contributed by atoms with Crippen molar-refractivity contribution in [2.75, 3.05) is 20.1 Å². The fourth-order valence-corrected chi connectivity index (χ4v) is 4.93. The average molecular weight is 313 g/mol. The lowest BCUT2D eigenvalue weighted by molar-refractivity contribution is 0.186. The molecule has 7 nitrogen and oxygen atoms in total. The van der Waals surface area contributed by atoms with Crippen molar-refractivity contribution >= 4 is 10.0 Å². The van der Waals surface area contributed by atoms with Crippen molar-refractivity contribution in [3.05, 3.63) is 11.8 Å². The lowest BCUT2D eigenvalue weighted by Crippen LogP contribution is -2.46. The summed E-state index contributed by atoms with van der Waals surface area (Å²) in [4.78, 5) is 2.41. The number of aromatic nitrogens is 2. The summed E-state index contributed by atoms with van der Waals surface area (Å²) in [5, 5.41) is 9.64. The molecule has 0 bridgehead atoms. The van der Waals surface area contributed by atoms with E-state index in [1.165, 1.54) is 12.8 Å². The second-order valence-electron chi connectivity index (χ2n) is 5.87. The molecule has 2 atom stereocenters. The molecule has 0 saturated carbocycles. The van der Waals surface area contributed by atoms with E-state index in [0.29, 0.717) is 18.2 Å². The van der Waals surface area contributed by atoms with Gasteiger partial charge in [0.2, 0.25) is 0 Å². The molecule has 0 amide bonds. The summed E-state index contributed by atoms with van der Waals surface area (Å²) in [6.07, 6.45) is 5.95. The topological polar surface area (TPSA) is 90.1 Å². The van der Waals surface area contributed by atoms with Gasteiger partial charge in [0.15, 0.2) is 5.03 Å². The molecule has 2 saturated heterocycles. The average Bonchev–Trinajstić information content (AvgIpc) is 3.07. The zero-order valence-corrected chi connectivity index (χ0v) is 13.1. The normalized spacial score (nSPS) is 26.9. The van der Waals surface area contributed by atoms with E-state index in [1.54, 1.807) is 13.2 Å². The van der Waals surface area contributed by atoms with Gasteiger partial charge >= 0.3 is 0 Å². The van der Waals surface area contributed by atoms with Crippen LogP contribution in [0.4, 0.5) is 0 Å². The van der Waals surface area contributed by atoms with Crippen LogP contribution < -0.4 is 10.0 Å². The third kappa shape index (κ3) is 2.98. The first-order valence-corrected chi connectivity index (χ1v) is 9.03. The molecular formula is C13H23N5O2S. The van der Waals surface area contributed by atoms with Crippen LogP contribution in [0.25, 0.3) is 0 Å². The smallest absolute Gasteiger partial charge is 0.258 e. The lowest BCUT2D eigenvalue weighted by Gasteiger charge is -2.32. The van der Waals surface area contributed by atoms with Crippen LogP contribution in [-0.2, 0) is 16.6 Å². The highest BCUT2D eigenvalue weighted by molar-refractivity contribution is 7.89. The maximum Gasteiger partial charge on any atom is 0.258 e. The van der Waals surface area contributed by atoms with Gasteiger partial charge in [-0.3, -0.25) is 10.00 Å². The third-order valence-corrected chi connectivity index (χ3v) is 5.98. The Morgan fingerprint density at radius 1 is 1.38 bits per heavy atom. The van der Waals surface area contributed by atoms with Crippen LogP contribution in [0.3, 0.4) is 0 Å².